The highest BCUT2D eigenvalue weighted by molar-refractivity contribution is 6.02. The van der Waals surface area contributed by atoms with Crippen molar-refractivity contribution in [3.05, 3.63) is 23.4 Å². The molecule has 0 unspecified atom stereocenters. The first-order valence-corrected chi connectivity index (χ1v) is 4.83. The van der Waals surface area contributed by atoms with Gasteiger partial charge in [-0.25, -0.2) is 4.98 Å². The number of hydrogen-bond donors (Lipinski definition) is 2. The van der Waals surface area contributed by atoms with Crippen molar-refractivity contribution in [1.82, 2.24) is 10.3 Å². The lowest BCUT2D eigenvalue weighted by molar-refractivity contribution is -0.124. The van der Waals surface area contributed by atoms with Crippen molar-refractivity contribution in [3.8, 4) is 0 Å². The average molecular weight is 247 g/mol. The van der Waals surface area contributed by atoms with Crippen molar-refractivity contribution < 1.29 is 18.0 Å². The van der Waals surface area contributed by atoms with Crippen molar-refractivity contribution in [1.29, 1.82) is 0 Å². The molecule has 0 aromatic carbocycles. The zero-order valence-corrected chi connectivity index (χ0v) is 9.14. The van der Waals surface area contributed by atoms with Crippen LogP contribution in [0.2, 0.25) is 0 Å². The first-order chi connectivity index (χ1) is 7.81. The molecule has 3 N–H and O–H groups in total. The molecule has 0 aliphatic carbocycles. The molecule has 0 saturated heterocycles. The van der Waals surface area contributed by atoms with Gasteiger partial charge in [-0.3, -0.25) is 4.79 Å². The van der Waals surface area contributed by atoms with Crippen LogP contribution >= 0.6 is 0 Å². The van der Waals surface area contributed by atoms with Crippen LogP contribution in [0.4, 0.5) is 19.0 Å². The first-order valence-electron chi connectivity index (χ1n) is 4.83. The number of nitrogens with one attached hydrogen (secondary N) is 1. The van der Waals surface area contributed by atoms with Crippen LogP contribution in [-0.2, 0) is 0 Å². The smallest absolute Gasteiger partial charge is 0.383 e. The highest BCUT2D eigenvalue weighted by Gasteiger charge is 2.27. The van der Waals surface area contributed by atoms with E-state index in [1.165, 1.54) is 6.20 Å². The number of alkyl halides is 3. The molecule has 7 heteroatoms. The van der Waals surface area contributed by atoms with E-state index in [0.29, 0.717) is 5.56 Å². The topological polar surface area (TPSA) is 68.0 Å². The first kappa shape index (κ1) is 13.4. The minimum atomic E-state index is -4.34. The third-order valence-corrected chi connectivity index (χ3v) is 2.08. The highest BCUT2D eigenvalue weighted by atomic mass is 19.4. The van der Waals surface area contributed by atoms with Gasteiger partial charge in [0.25, 0.3) is 0 Å². The molecule has 94 valence electrons. The highest BCUT2D eigenvalue weighted by Crippen LogP contribution is 2.15. The van der Waals surface area contributed by atoms with Gasteiger partial charge in [0.2, 0.25) is 0 Å². The molecule has 0 atom stereocenters. The van der Waals surface area contributed by atoms with E-state index in [2.05, 4.69) is 4.98 Å². The van der Waals surface area contributed by atoms with Crippen molar-refractivity contribution >= 4 is 11.6 Å². The normalized spacial score (nSPS) is 11.5. The molecule has 0 fully saturated rings. The Morgan fingerprint density at radius 2 is 2.18 bits per heavy atom. The average Bonchev–Trinajstić information content (AvgIpc) is 2.15. The molecule has 0 amide bonds. The van der Waals surface area contributed by atoms with E-state index in [4.69, 9.17) is 5.73 Å². The summed E-state index contributed by atoms with van der Waals surface area (Å²) in [5.41, 5.74) is 6.26. The number of ketones is 1. The van der Waals surface area contributed by atoms with E-state index in [0.717, 1.165) is 0 Å². The summed E-state index contributed by atoms with van der Waals surface area (Å²) in [6.45, 7) is 0.0171. The second-order valence-electron chi connectivity index (χ2n) is 3.53. The molecule has 1 aromatic rings. The maximum Gasteiger partial charge on any atom is 0.401 e. The Labute approximate surface area is 96.0 Å². The fraction of sp³-hybridized carbons (Fsp3) is 0.400. The second-order valence-corrected chi connectivity index (χ2v) is 3.53. The summed E-state index contributed by atoms with van der Waals surface area (Å²) in [4.78, 5) is 15.3. The van der Waals surface area contributed by atoms with Crippen LogP contribution in [0.25, 0.3) is 0 Å². The predicted octanol–water partition coefficient (Wildman–Crippen LogP) is 1.31. The van der Waals surface area contributed by atoms with Gasteiger partial charge in [0.1, 0.15) is 5.82 Å². The molecule has 1 rings (SSSR count). The van der Waals surface area contributed by atoms with Gasteiger partial charge in [-0.15, -0.1) is 0 Å². The van der Waals surface area contributed by atoms with Crippen LogP contribution in [0.15, 0.2) is 12.3 Å². The van der Waals surface area contributed by atoms with Gasteiger partial charge in [0.15, 0.2) is 5.78 Å². The molecule has 1 aromatic heterocycles. The number of halogens is 3. The molecule has 1 heterocycles. The van der Waals surface area contributed by atoms with Crippen LogP contribution in [0.3, 0.4) is 0 Å². The molecule has 0 radical (unpaired) electrons. The third kappa shape index (κ3) is 4.03. The number of carbonyl (C=O) groups is 1. The molecular formula is C10H12F3N3O. The predicted molar refractivity (Wildman–Crippen MR) is 56.6 cm³/mol. The molecular weight excluding hydrogens is 235 g/mol. The molecule has 17 heavy (non-hydrogen) atoms. The fourth-order valence-corrected chi connectivity index (χ4v) is 1.35. The molecule has 4 nitrogen and oxygen atoms in total. The number of aromatic nitrogens is 1. The Hall–Kier alpha value is -1.63. The van der Waals surface area contributed by atoms with Crippen molar-refractivity contribution in [3.63, 3.8) is 0 Å². The van der Waals surface area contributed by atoms with E-state index < -0.39 is 25.0 Å². The monoisotopic (exact) mass is 247 g/mol. The van der Waals surface area contributed by atoms with Gasteiger partial charge < -0.3 is 11.1 Å². The Bertz CT molecular complexity index is 397. The zero-order chi connectivity index (χ0) is 13.1. The lowest BCUT2D eigenvalue weighted by atomic mass is 10.1. The Morgan fingerprint density at radius 3 is 2.71 bits per heavy atom. The molecule has 0 aliphatic heterocycles. The second kappa shape index (κ2) is 5.13. The number of pyridine rings is 1. The van der Waals surface area contributed by atoms with Crippen molar-refractivity contribution in [2.45, 2.75) is 13.1 Å². The van der Waals surface area contributed by atoms with Gasteiger partial charge in [0, 0.05) is 6.20 Å². The maximum atomic E-state index is 11.9. The minimum Gasteiger partial charge on any atom is -0.383 e. The summed E-state index contributed by atoms with van der Waals surface area (Å²) in [6, 6.07) is 1.58. The van der Waals surface area contributed by atoms with Crippen LogP contribution in [0.1, 0.15) is 15.9 Å². The number of Topliss-reactive ketones (excluding diaryl/α,β-unsaturated/α-hetero) is 1. The van der Waals surface area contributed by atoms with Crippen LogP contribution in [0.5, 0.6) is 0 Å². The number of nitrogen functional groups attached to an aromatic ring is 1. The Balaban J connectivity index is 2.65. The number of rotatable bonds is 4. The van der Waals surface area contributed by atoms with Gasteiger partial charge in [-0.05, 0) is 18.6 Å². The molecule has 0 aliphatic rings. The summed E-state index contributed by atoms with van der Waals surface area (Å²) < 4.78 is 35.6. The lowest BCUT2D eigenvalue weighted by Crippen LogP contribution is -2.33. The van der Waals surface area contributed by atoms with Gasteiger partial charge in [0.05, 0.1) is 18.7 Å². The van der Waals surface area contributed by atoms with Crippen LogP contribution < -0.4 is 11.1 Å². The van der Waals surface area contributed by atoms with Crippen LogP contribution in [0, 0.1) is 6.92 Å². The fourth-order valence-electron chi connectivity index (χ4n) is 1.35. The van der Waals surface area contributed by atoms with E-state index in [1.807, 2.05) is 5.32 Å². The summed E-state index contributed by atoms with van der Waals surface area (Å²) in [5, 5.41) is 2.02. The summed E-state index contributed by atoms with van der Waals surface area (Å²) in [5.74, 6) is -0.471. The van der Waals surface area contributed by atoms with Gasteiger partial charge >= 0.3 is 6.18 Å². The van der Waals surface area contributed by atoms with Crippen LogP contribution in [-0.4, -0.2) is 30.0 Å². The van der Waals surface area contributed by atoms with E-state index >= 15 is 0 Å². The van der Waals surface area contributed by atoms with E-state index in [-0.39, 0.29) is 11.4 Å². The van der Waals surface area contributed by atoms with Crippen molar-refractivity contribution in [2.24, 2.45) is 0 Å². The lowest BCUT2D eigenvalue weighted by Gasteiger charge is -2.09. The van der Waals surface area contributed by atoms with E-state index in [9.17, 15) is 18.0 Å². The summed E-state index contributed by atoms with van der Waals surface area (Å²) in [6.07, 6.45) is -2.90. The SMILES string of the molecule is Cc1ccnc(N)c1C(=O)CNCC(F)(F)F. The van der Waals surface area contributed by atoms with Crippen molar-refractivity contribution in [2.75, 3.05) is 18.8 Å². The number of carbonyl (C=O) groups excluding carboxylic acids is 1. The molecule has 0 saturated carbocycles. The third-order valence-electron chi connectivity index (χ3n) is 2.08. The number of aryl methyl sites for hydroxylation is 1. The Kier molecular flexibility index (Phi) is 4.06. The zero-order valence-electron chi connectivity index (χ0n) is 9.14. The van der Waals surface area contributed by atoms with Gasteiger partial charge in [-0.1, -0.05) is 0 Å². The standard InChI is InChI=1S/C10H12F3N3O/c1-6-2-3-16-9(14)8(6)7(17)4-15-5-10(11,12)13/h2-3,15H,4-5H2,1H3,(H2,14,16). The summed E-state index contributed by atoms with van der Waals surface area (Å²) >= 11 is 0. The quantitative estimate of drug-likeness (QED) is 0.787. The number of anilines is 1. The largest absolute Gasteiger partial charge is 0.401 e. The Morgan fingerprint density at radius 1 is 1.53 bits per heavy atom. The minimum absolute atomic E-state index is 0.0313. The van der Waals surface area contributed by atoms with E-state index in [1.54, 1.807) is 13.0 Å². The molecule has 0 spiro atoms. The molecule has 0 bridgehead atoms. The van der Waals surface area contributed by atoms with Gasteiger partial charge in [-0.2, -0.15) is 13.2 Å². The summed E-state index contributed by atoms with van der Waals surface area (Å²) in [7, 11) is 0. The number of nitrogens with zero attached hydrogens (tertiary/aromatic N) is 1. The maximum absolute atomic E-state index is 11.9. The number of hydrogen-bond acceptors (Lipinski definition) is 4. The number of nitrogens with two attached hydrogens (primary N) is 1.